The molecular weight excluding hydrogens is 706 g/mol. The molecule has 7 rings (SSSR count). The molecule has 2 amide bonds. The van der Waals surface area contributed by atoms with E-state index in [0.717, 1.165) is 29.9 Å². The fraction of sp³-hybridized carbons (Fsp3) is 0.237. The second kappa shape index (κ2) is 15.8. The van der Waals surface area contributed by atoms with Crippen LogP contribution in [0.1, 0.15) is 41.7 Å². The molecule has 12 nitrogen and oxygen atoms in total. The van der Waals surface area contributed by atoms with Gasteiger partial charge in [-0.05, 0) is 73.9 Å². The molecule has 1 unspecified atom stereocenters. The van der Waals surface area contributed by atoms with Crippen molar-refractivity contribution in [2.45, 2.75) is 45.0 Å². The molecule has 0 saturated carbocycles. The summed E-state index contributed by atoms with van der Waals surface area (Å²) in [6.07, 6.45) is 7.51. The molecule has 53 heavy (non-hydrogen) atoms. The molecule has 1 atom stereocenters. The van der Waals surface area contributed by atoms with Crippen molar-refractivity contribution >= 4 is 34.7 Å². The number of benzene rings is 3. The summed E-state index contributed by atoms with van der Waals surface area (Å²) in [7, 11) is 0. The molecule has 3 aromatic carbocycles. The van der Waals surface area contributed by atoms with E-state index < -0.39 is 12.5 Å². The SMILES string of the molecule is CC(NC1CCN(C(=O)Cn2cc(NC(=O)c3cnn4cccnc34)c(-c3cc(Cl)ccc3OC(F)F)n2)CC1)c1cccc(Oc2ccccc2)c1. The Morgan fingerprint density at radius 3 is 2.58 bits per heavy atom. The summed E-state index contributed by atoms with van der Waals surface area (Å²) in [5, 5.41) is 15.4. The quantitative estimate of drug-likeness (QED) is 0.135. The Labute approximate surface area is 308 Å². The van der Waals surface area contributed by atoms with Gasteiger partial charge in [0, 0.05) is 54.3 Å². The number of hydrogen-bond donors (Lipinski definition) is 2. The van der Waals surface area contributed by atoms with Gasteiger partial charge in [-0.25, -0.2) is 9.50 Å². The lowest BCUT2D eigenvalue weighted by atomic mass is 10.0. The highest BCUT2D eigenvalue weighted by atomic mass is 35.5. The Balaban J connectivity index is 1.03. The van der Waals surface area contributed by atoms with E-state index >= 15 is 0 Å². The Kier molecular flexibility index (Phi) is 10.6. The third-order valence-electron chi connectivity index (χ3n) is 8.91. The number of likely N-dealkylation sites (tertiary alicyclic amines) is 1. The molecule has 1 aliphatic rings. The number of nitrogens with zero attached hydrogens (tertiary/aromatic N) is 6. The van der Waals surface area contributed by atoms with Crippen LogP contribution in [0.3, 0.4) is 0 Å². The summed E-state index contributed by atoms with van der Waals surface area (Å²) in [4.78, 5) is 33.0. The van der Waals surface area contributed by atoms with Gasteiger partial charge in [0.15, 0.2) is 5.65 Å². The number of anilines is 1. The zero-order valence-electron chi connectivity index (χ0n) is 28.5. The third kappa shape index (κ3) is 8.45. The van der Waals surface area contributed by atoms with E-state index in [9.17, 15) is 18.4 Å². The van der Waals surface area contributed by atoms with Crippen molar-refractivity contribution in [2.75, 3.05) is 18.4 Å². The normalized spacial score (nSPS) is 14.0. The van der Waals surface area contributed by atoms with Crippen molar-refractivity contribution in [2.24, 2.45) is 0 Å². The number of carbonyl (C=O) groups is 2. The summed E-state index contributed by atoms with van der Waals surface area (Å²) in [5.74, 6) is 0.575. The molecule has 272 valence electrons. The summed E-state index contributed by atoms with van der Waals surface area (Å²) in [5.41, 5.74) is 1.92. The minimum atomic E-state index is -3.12. The van der Waals surface area contributed by atoms with Crippen LogP contribution in [-0.4, -0.2) is 66.8 Å². The average Bonchev–Trinajstić information content (AvgIpc) is 3.77. The van der Waals surface area contributed by atoms with Gasteiger partial charge in [0.05, 0.1) is 11.9 Å². The first-order valence-corrected chi connectivity index (χ1v) is 17.4. The van der Waals surface area contributed by atoms with E-state index in [0.29, 0.717) is 18.7 Å². The van der Waals surface area contributed by atoms with Gasteiger partial charge in [0.25, 0.3) is 5.91 Å². The van der Waals surface area contributed by atoms with Crippen molar-refractivity contribution in [1.82, 2.24) is 34.6 Å². The Hall–Kier alpha value is -5.86. The van der Waals surface area contributed by atoms with Crippen LogP contribution < -0.4 is 20.1 Å². The molecule has 1 saturated heterocycles. The first kappa shape index (κ1) is 35.5. The minimum Gasteiger partial charge on any atom is -0.457 e. The molecule has 6 aromatic rings. The van der Waals surface area contributed by atoms with Gasteiger partial charge in [-0.15, -0.1) is 0 Å². The van der Waals surface area contributed by atoms with Crippen LogP contribution in [-0.2, 0) is 11.3 Å². The maximum atomic E-state index is 13.6. The van der Waals surface area contributed by atoms with Crippen LogP contribution in [0.5, 0.6) is 17.2 Å². The third-order valence-corrected chi connectivity index (χ3v) is 9.15. The highest BCUT2D eigenvalue weighted by Gasteiger charge is 2.27. The number of nitrogens with one attached hydrogen (secondary N) is 2. The van der Waals surface area contributed by atoms with Crippen LogP contribution in [0.4, 0.5) is 14.5 Å². The predicted molar refractivity (Wildman–Crippen MR) is 194 cm³/mol. The van der Waals surface area contributed by atoms with Crippen LogP contribution in [0, 0.1) is 0 Å². The maximum absolute atomic E-state index is 13.6. The number of rotatable bonds is 12. The topological polar surface area (TPSA) is 128 Å². The van der Waals surface area contributed by atoms with Gasteiger partial charge >= 0.3 is 6.61 Å². The standard InChI is InChI=1S/C38H35ClF2N8O4/c1-24(25-7-5-10-29(19-25)52-28-8-3-2-4-9-28)44-27-13-17-47(18-14-27)34(50)23-48-22-32(45-37(51)31-21-43-49-16-6-15-42-36(31)49)35(46-48)30-20-26(39)11-12-33(30)53-38(40)41/h2-12,15-16,19-22,24,27,38,44H,13-14,17-18,23H2,1H3,(H,45,51). The molecule has 1 aliphatic heterocycles. The lowest BCUT2D eigenvalue weighted by molar-refractivity contribution is -0.133. The number of alkyl halides is 2. The van der Waals surface area contributed by atoms with Crippen molar-refractivity contribution in [3.63, 3.8) is 0 Å². The highest BCUT2D eigenvalue weighted by Crippen LogP contribution is 2.37. The number of ether oxygens (including phenoxy) is 2. The van der Waals surface area contributed by atoms with Gasteiger partial charge < -0.3 is 25.0 Å². The number of piperidine rings is 1. The fourth-order valence-corrected chi connectivity index (χ4v) is 6.48. The number of halogens is 3. The second-order valence-electron chi connectivity index (χ2n) is 12.5. The molecule has 1 fully saturated rings. The average molecular weight is 741 g/mol. The number of para-hydroxylation sites is 1. The Bertz CT molecular complexity index is 2220. The number of carbonyl (C=O) groups excluding carboxylic acids is 2. The lowest BCUT2D eigenvalue weighted by Crippen LogP contribution is -2.46. The van der Waals surface area contributed by atoms with Crippen LogP contribution in [0.15, 0.2) is 104 Å². The van der Waals surface area contributed by atoms with E-state index in [1.807, 2.05) is 48.5 Å². The Morgan fingerprint density at radius 1 is 1.00 bits per heavy atom. The van der Waals surface area contributed by atoms with E-state index in [1.54, 1.807) is 17.2 Å². The van der Waals surface area contributed by atoms with E-state index in [-0.39, 0.29) is 57.8 Å². The largest absolute Gasteiger partial charge is 0.457 e. The second-order valence-corrected chi connectivity index (χ2v) is 13.0. The highest BCUT2D eigenvalue weighted by molar-refractivity contribution is 6.31. The smallest absolute Gasteiger partial charge is 0.387 e. The molecule has 0 aliphatic carbocycles. The van der Waals surface area contributed by atoms with Crippen molar-refractivity contribution in [1.29, 1.82) is 0 Å². The van der Waals surface area contributed by atoms with Crippen molar-refractivity contribution in [3.05, 3.63) is 120 Å². The molecule has 2 N–H and O–H groups in total. The van der Waals surface area contributed by atoms with E-state index in [4.69, 9.17) is 21.1 Å². The predicted octanol–water partition coefficient (Wildman–Crippen LogP) is 7.23. The van der Waals surface area contributed by atoms with Gasteiger partial charge in [0.1, 0.15) is 35.1 Å². The number of amides is 2. The monoisotopic (exact) mass is 740 g/mol. The summed E-state index contributed by atoms with van der Waals surface area (Å²) >= 11 is 6.26. The van der Waals surface area contributed by atoms with Crippen LogP contribution in [0.2, 0.25) is 5.02 Å². The Morgan fingerprint density at radius 2 is 1.79 bits per heavy atom. The zero-order chi connectivity index (χ0) is 36.9. The number of hydrogen-bond acceptors (Lipinski definition) is 8. The molecule has 0 spiro atoms. The first-order valence-electron chi connectivity index (χ1n) is 17.0. The van der Waals surface area contributed by atoms with E-state index in [2.05, 4.69) is 38.8 Å². The zero-order valence-corrected chi connectivity index (χ0v) is 29.3. The first-order chi connectivity index (χ1) is 25.7. The van der Waals surface area contributed by atoms with E-state index in [1.165, 1.54) is 46.0 Å². The van der Waals surface area contributed by atoms with Gasteiger partial charge in [0.2, 0.25) is 5.91 Å². The molecule has 0 bridgehead atoms. The number of fused-ring (bicyclic) bond motifs is 1. The van der Waals surface area contributed by atoms with Gasteiger partial charge in [-0.3, -0.25) is 14.3 Å². The van der Waals surface area contributed by atoms with Gasteiger partial charge in [-0.2, -0.15) is 19.0 Å². The minimum absolute atomic E-state index is 0.0552. The molecule has 15 heteroatoms. The summed E-state index contributed by atoms with van der Waals surface area (Å²) in [6.45, 7) is -0.119. The van der Waals surface area contributed by atoms with Crippen LogP contribution >= 0.6 is 11.6 Å². The molecule has 0 radical (unpaired) electrons. The summed E-state index contributed by atoms with van der Waals surface area (Å²) < 4.78 is 40.4. The lowest BCUT2D eigenvalue weighted by Gasteiger charge is -2.34. The fourth-order valence-electron chi connectivity index (χ4n) is 6.31. The van der Waals surface area contributed by atoms with Crippen molar-refractivity contribution < 1.29 is 27.8 Å². The summed E-state index contributed by atoms with van der Waals surface area (Å²) in [6, 6.07) is 23.6. The molecule has 3 aromatic heterocycles. The molecule has 4 heterocycles. The van der Waals surface area contributed by atoms with Crippen LogP contribution in [0.25, 0.3) is 16.9 Å². The molecular formula is C38H35ClF2N8O4. The number of aromatic nitrogens is 5. The maximum Gasteiger partial charge on any atom is 0.387 e. The van der Waals surface area contributed by atoms with Crippen molar-refractivity contribution in [3.8, 4) is 28.5 Å². The van der Waals surface area contributed by atoms with Gasteiger partial charge in [-0.1, -0.05) is 41.9 Å².